The molecule has 0 saturated heterocycles. The molecule has 6 heteroatoms. The normalized spacial score (nSPS) is 10.5. The van der Waals surface area contributed by atoms with E-state index in [1.165, 1.54) is 0 Å². The van der Waals surface area contributed by atoms with Crippen molar-refractivity contribution < 1.29 is 27.2 Å². The molecule has 21 heavy (non-hydrogen) atoms. The Morgan fingerprint density at radius 2 is 0.952 bits per heavy atom. The highest BCUT2D eigenvalue weighted by molar-refractivity contribution is 6.13. The van der Waals surface area contributed by atoms with Gasteiger partial charge in [0.25, 0.3) is 0 Å². The first kappa shape index (κ1) is 14.9. The summed E-state index contributed by atoms with van der Waals surface area (Å²) in [5, 5.41) is 0. The van der Waals surface area contributed by atoms with E-state index in [9.17, 15) is 27.2 Å². The quantitative estimate of drug-likeness (QED) is 0.490. The van der Waals surface area contributed by atoms with Gasteiger partial charge in [-0.15, -0.1) is 0 Å². The minimum atomic E-state index is -1.18. The van der Waals surface area contributed by atoms with Gasteiger partial charge >= 0.3 is 0 Å². The lowest BCUT2D eigenvalue weighted by molar-refractivity contribution is 0.0886. The summed E-state index contributed by atoms with van der Waals surface area (Å²) in [6, 6.07) is 5.52. The zero-order chi connectivity index (χ0) is 15.6. The highest BCUT2D eigenvalue weighted by atomic mass is 19.1. The molecule has 2 rings (SSSR count). The maximum absolute atomic E-state index is 13.4. The largest absolute Gasteiger partial charge is 0.293 e. The molecule has 2 aromatic carbocycles. The summed E-state index contributed by atoms with van der Waals surface area (Å²) in [5.41, 5.74) is -1.80. The molecule has 0 N–H and O–H groups in total. The van der Waals surface area contributed by atoms with Crippen molar-refractivity contribution >= 4 is 11.6 Å². The number of rotatable bonds is 4. The van der Waals surface area contributed by atoms with Crippen molar-refractivity contribution in [3.63, 3.8) is 0 Å². The van der Waals surface area contributed by atoms with Gasteiger partial charge in [-0.25, -0.2) is 17.6 Å². The Hall–Kier alpha value is -2.50. The molecule has 0 spiro atoms. The SMILES string of the molecule is O=C(CC(=O)c1c(F)cccc1F)c1c(F)cccc1F. The Labute approximate surface area is 117 Å². The number of ketones is 2. The van der Waals surface area contributed by atoms with E-state index in [4.69, 9.17) is 0 Å². The van der Waals surface area contributed by atoms with E-state index < -0.39 is 52.4 Å². The summed E-state index contributed by atoms with van der Waals surface area (Å²) in [7, 11) is 0. The third kappa shape index (κ3) is 2.99. The maximum atomic E-state index is 13.4. The Bertz CT molecular complexity index is 624. The summed E-state index contributed by atoms with van der Waals surface area (Å²) in [5.74, 6) is -6.91. The summed E-state index contributed by atoms with van der Waals surface area (Å²) in [4.78, 5) is 23.5. The third-order valence-electron chi connectivity index (χ3n) is 2.80. The number of carbonyl (C=O) groups is 2. The van der Waals surface area contributed by atoms with Gasteiger partial charge in [-0.2, -0.15) is 0 Å². The third-order valence-corrected chi connectivity index (χ3v) is 2.80. The first-order chi connectivity index (χ1) is 9.91. The lowest BCUT2D eigenvalue weighted by Gasteiger charge is -2.05. The molecule has 0 aliphatic heterocycles. The van der Waals surface area contributed by atoms with E-state index >= 15 is 0 Å². The molecule has 0 amide bonds. The summed E-state index contributed by atoms with van der Waals surface area (Å²) in [6.45, 7) is 0. The van der Waals surface area contributed by atoms with Crippen LogP contribution in [-0.2, 0) is 0 Å². The second-order valence-corrected chi connectivity index (χ2v) is 4.22. The van der Waals surface area contributed by atoms with Crippen molar-refractivity contribution in [1.82, 2.24) is 0 Å². The van der Waals surface area contributed by atoms with Gasteiger partial charge in [0.15, 0.2) is 11.6 Å². The van der Waals surface area contributed by atoms with Gasteiger partial charge in [-0.1, -0.05) is 12.1 Å². The number of Topliss-reactive ketones (excluding diaryl/α,β-unsaturated/α-hetero) is 2. The van der Waals surface area contributed by atoms with Gasteiger partial charge in [0.05, 0.1) is 17.5 Å². The van der Waals surface area contributed by atoms with Gasteiger partial charge in [0, 0.05) is 0 Å². The molecule has 108 valence electrons. The zero-order valence-electron chi connectivity index (χ0n) is 10.5. The maximum Gasteiger partial charge on any atom is 0.176 e. The highest BCUT2D eigenvalue weighted by Crippen LogP contribution is 2.18. The van der Waals surface area contributed by atoms with Crippen molar-refractivity contribution in [3.05, 3.63) is 70.8 Å². The van der Waals surface area contributed by atoms with Crippen molar-refractivity contribution in [1.29, 1.82) is 0 Å². The zero-order valence-corrected chi connectivity index (χ0v) is 10.5. The second kappa shape index (κ2) is 5.87. The predicted octanol–water partition coefficient (Wildman–Crippen LogP) is 3.70. The Kier molecular flexibility index (Phi) is 4.16. The monoisotopic (exact) mass is 296 g/mol. The van der Waals surface area contributed by atoms with Gasteiger partial charge in [0.1, 0.15) is 23.3 Å². The van der Waals surface area contributed by atoms with Crippen molar-refractivity contribution in [3.8, 4) is 0 Å². The molecule has 0 aliphatic rings. The van der Waals surface area contributed by atoms with E-state index in [1.54, 1.807) is 0 Å². The van der Waals surface area contributed by atoms with Crippen LogP contribution in [-0.4, -0.2) is 11.6 Å². The van der Waals surface area contributed by atoms with Crippen molar-refractivity contribution in [2.24, 2.45) is 0 Å². The Balaban J connectivity index is 2.30. The lowest BCUT2D eigenvalue weighted by Crippen LogP contribution is -2.14. The fourth-order valence-corrected chi connectivity index (χ4v) is 1.85. The molecule has 0 radical (unpaired) electrons. The van der Waals surface area contributed by atoms with Crippen LogP contribution in [0, 0.1) is 23.3 Å². The number of hydrogen-bond donors (Lipinski definition) is 0. The molecule has 0 bridgehead atoms. The van der Waals surface area contributed by atoms with Crippen molar-refractivity contribution in [2.75, 3.05) is 0 Å². The topological polar surface area (TPSA) is 34.1 Å². The minimum Gasteiger partial charge on any atom is -0.293 e. The van der Waals surface area contributed by atoms with E-state index in [0.717, 1.165) is 36.4 Å². The smallest absolute Gasteiger partial charge is 0.176 e. The van der Waals surface area contributed by atoms with E-state index in [1.807, 2.05) is 0 Å². The van der Waals surface area contributed by atoms with E-state index in [0.29, 0.717) is 0 Å². The van der Waals surface area contributed by atoms with Crippen LogP contribution in [0.5, 0.6) is 0 Å². The molecule has 0 fully saturated rings. The molecule has 2 aromatic rings. The van der Waals surface area contributed by atoms with Crippen LogP contribution in [0.1, 0.15) is 27.1 Å². The summed E-state index contributed by atoms with van der Waals surface area (Å²) >= 11 is 0. The van der Waals surface area contributed by atoms with E-state index in [-0.39, 0.29) is 0 Å². The first-order valence-electron chi connectivity index (χ1n) is 5.86. The standard InChI is InChI=1S/C15H8F4O2/c16-8-3-1-4-9(17)14(8)12(20)7-13(21)15-10(18)5-2-6-11(15)19/h1-6H,7H2. The Morgan fingerprint density at radius 3 is 1.24 bits per heavy atom. The predicted molar refractivity (Wildman–Crippen MR) is 66.0 cm³/mol. The lowest BCUT2D eigenvalue weighted by atomic mass is 10.00. The second-order valence-electron chi connectivity index (χ2n) is 4.22. The molecule has 0 unspecified atom stereocenters. The van der Waals surface area contributed by atoms with Gasteiger partial charge < -0.3 is 0 Å². The van der Waals surface area contributed by atoms with Crippen LogP contribution in [0.4, 0.5) is 17.6 Å². The number of benzene rings is 2. The van der Waals surface area contributed by atoms with Crippen LogP contribution in [0.15, 0.2) is 36.4 Å². The molecular weight excluding hydrogens is 288 g/mol. The first-order valence-corrected chi connectivity index (χ1v) is 5.86. The molecule has 2 nitrogen and oxygen atoms in total. The summed E-state index contributed by atoms with van der Waals surface area (Å²) < 4.78 is 53.6. The fourth-order valence-electron chi connectivity index (χ4n) is 1.85. The molecule has 0 aromatic heterocycles. The molecule has 0 aliphatic carbocycles. The Morgan fingerprint density at radius 1 is 0.667 bits per heavy atom. The van der Waals surface area contributed by atoms with Crippen LogP contribution < -0.4 is 0 Å². The van der Waals surface area contributed by atoms with Gasteiger partial charge in [-0.3, -0.25) is 9.59 Å². The molecule has 0 saturated carbocycles. The van der Waals surface area contributed by atoms with Gasteiger partial charge in [-0.05, 0) is 24.3 Å². The number of carbonyl (C=O) groups excluding carboxylic acids is 2. The van der Waals surface area contributed by atoms with Crippen LogP contribution in [0.2, 0.25) is 0 Å². The van der Waals surface area contributed by atoms with Crippen molar-refractivity contribution in [2.45, 2.75) is 6.42 Å². The minimum absolute atomic E-state index is 0.852. The van der Waals surface area contributed by atoms with E-state index in [2.05, 4.69) is 0 Å². The van der Waals surface area contributed by atoms with Crippen LogP contribution in [0.25, 0.3) is 0 Å². The summed E-state index contributed by atoms with van der Waals surface area (Å²) in [6.07, 6.45) is -1.03. The molecule has 0 atom stereocenters. The van der Waals surface area contributed by atoms with Gasteiger partial charge in [0.2, 0.25) is 0 Å². The molecular formula is C15H8F4O2. The van der Waals surface area contributed by atoms with Crippen LogP contribution >= 0.6 is 0 Å². The van der Waals surface area contributed by atoms with Crippen LogP contribution in [0.3, 0.4) is 0 Å². The number of halogens is 4. The molecule has 0 heterocycles. The average molecular weight is 296 g/mol. The average Bonchev–Trinajstić information content (AvgIpc) is 2.38. The fraction of sp³-hybridized carbons (Fsp3) is 0.0667. The highest BCUT2D eigenvalue weighted by Gasteiger charge is 2.24. The number of hydrogen-bond acceptors (Lipinski definition) is 2.